The number of aromatic nitrogens is 1. The van der Waals surface area contributed by atoms with Gasteiger partial charge in [0, 0.05) is 38.5 Å². The monoisotopic (exact) mass is 271 g/mol. The molecule has 1 amide bonds. The van der Waals surface area contributed by atoms with Crippen molar-refractivity contribution >= 4 is 17.3 Å². The Hall–Kier alpha value is -2.56. The van der Waals surface area contributed by atoms with Gasteiger partial charge in [0.1, 0.15) is 0 Å². The van der Waals surface area contributed by atoms with E-state index in [-0.39, 0.29) is 11.5 Å². The van der Waals surface area contributed by atoms with Gasteiger partial charge in [-0.2, -0.15) is 0 Å². The van der Waals surface area contributed by atoms with Crippen molar-refractivity contribution in [3.63, 3.8) is 0 Å². The molecule has 104 valence electrons. The van der Waals surface area contributed by atoms with Gasteiger partial charge in [-0.15, -0.1) is 0 Å². The molecule has 0 bridgehead atoms. The molecule has 2 aromatic rings. The summed E-state index contributed by atoms with van der Waals surface area (Å²) in [5.41, 5.74) is 2.73. The van der Waals surface area contributed by atoms with Gasteiger partial charge in [-0.3, -0.25) is 9.59 Å². The van der Waals surface area contributed by atoms with E-state index in [9.17, 15) is 9.59 Å². The molecule has 0 saturated heterocycles. The SMILES string of the molecule is CC(=O)Nc1ccc(CNc2ccc(=O)n(C)c2)cc1. The highest BCUT2D eigenvalue weighted by Crippen LogP contribution is 2.11. The minimum atomic E-state index is -0.0823. The molecule has 1 heterocycles. The van der Waals surface area contributed by atoms with Gasteiger partial charge in [0.25, 0.3) is 0 Å². The lowest BCUT2D eigenvalue weighted by Gasteiger charge is -2.08. The molecular formula is C15H17N3O2. The Morgan fingerprint density at radius 2 is 1.75 bits per heavy atom. The predicted molar refractivity (Wildman–Crippen MR) is 79.8 cm³/mol. The minimum absolute atomic E-state index is 0.0322. The summed E-state index contributed by atoms with van der Waals surface area (Å²) in [7, 11) is 1.72. The number of amides is 1. The Kier molecular flexibility index (Phi) is 4.20. The summed E-state index contributed by atoms with van der Waals surface area (Å²) >= 11 is 0. The summed E-state index contributed by atoms with van der Waals surface area (Å²) in [5.74, 6) is -0.0823. The molecule has 1 aromatic carbocycles. The molecule has 0 unspecified atom stereocenters. The largest absolute Gasteiger partial charge is 0.380 e. The van der Waals surface area contributed by atoms with Gasteiger partial charge < -0.3 is 15.2 Å². The molecule has 0 aliphatic carbocycles. The van der Waals surface area contributed by atoms with Crippen LogP contribution in [0.5, 0.6) is 0 Å². The molecule has 20 heavy (non-hydrogen) atoms. The van der Waals surface area contributed by atoms with Gasteiger partial charge in [-0.05, 0) is 23.8 Å². The fraction of sp³-hybridized carbons (Fsp3) is 0.200. The molecular weight excluding hydrogens is 254 g/mol. The Labute approximate surface area is 117 Å². The van der Waals surface area contributed by atoms with E-state index in [1.165, 1.54) is 17.6 Å². The van der Waals surface area contributed by atoms with E-state index in [4.69, 9.17) is 0 Å². The lowest BCUT2D eigenvalue weighted by atomic mass is 10.2. The lowest BCUT2D eigenvalue weighted by Crippen LogP contribution is -2.15. The van der Waals surface area contributed by atoms with Gasteiger partial charge in [0.2, 0.25) is 11.5 Å². The molecule has 0 fully saturated rings. The zero-order valence-electron chi connectivity index (χ0n) is 11.5. The normalized spacial score (nSPS) is 10.1. The molecule has 0 aliphatic heterocycles. The number of aryl methyl sites for hydroxylation is 1. The predicted octanol–water partition coefficient (Wildman–Crippen LogP) is 1.96. The van der Waals surface area contributed by atoms with E-state index in [1.807, 2.05) is 24.3 Å². The zero-order chi connectivity index (χ0) is 14.5. The van der Waals surface area contributed by atoms with Crippen LogP contribution in [0, 0.1) is 0 Å². The number of carbonyl (C=O) groups excluding carboxylic acids is 1. The number of anilines is 2. The second-order valence-electron chi connectivity index (χ2n) is 4.60. The van der Waals surface area contributed by atoms with E-state index in [2.05, 4.69) is 10.6 Å². The molecule has 5 heteroatoms. The minimum Gasteiger partial charge on any atom is -0.380 e. The number of benzene rings is 1. The summed E-state index contributed by atoms with van der Waals surface area (Å²) in [4.78, 5) is 22.2. The van der Waals surface area contributed by atoms with Crippen molar-refractivity contribution in [1.82, 2.24) is 4.57 Å². The smallest absolute Gasteiger partial charge is 0.250 e. The fourth-order valence-corrected chi connectivity index (χ4v) is 1.81. The number of nitrogens with zero attached hydrogens (tertiary/aromatic N) is 1. The summed E-state index contributed by atoms with van der Waals surface area (Å²) in [6, 6.07) is 10.9. The van der Waals surface area contributed by atoms with Crippen LogP contribution in [-0.4, -0.2) is 10.5 Å². The maximum atomic E-state index is 11.3. The molecule has 0 atom stereocenters. The van der Waals surface area contributed by atoms with Crippen LogP contribution >= 0.6 is 0 Å². The van der Waals surface area contributed by atoms with Crippen LogP contribution in [0.4, 0.5) is 11.4 Å². The summed E-state index contributed by atoms with van der Waals surface area (Å²) < 4.78 is 1.53. The molecule has 0 saturated carbocycles. The van der Waals surface area contributed by atoms with Crippen molar-refractivity contribution in [2.75, 3.05) is 10.6 Å². The van der Waals surface area contributed by atoms with Gasteiger partial charge in [-0.1, -0.05) is 12.1 Å². The van der Waals surface area contributed by atoms with Crippen molar-refractivity contribution in [3.05, 3.63) is 58.5 Å². The quantitative estimate of drug-likeness (QED) is 0.893. The summed E-state index contributed by atoms with van der Waals surface area (Å²) in [6.07, 6.45) is 1.76. The van der Waals surface area contributed by atoms with E-state index >= 15 is 0 Å². The number of hydrogen-bond donors (Lipinski definition) is 2. The Morgan fingerprint density at radius 3 is 2.35 bits per heavy atom. The standard InChI is InChI=1S/C15H17N3O2/c1-11(19)17-13-5-3-12(4-6-13)9-16-14-7-8-15(20)18(2)10-14/h3-8,10,16H,9H2,1-2H3,(H,17,19). The molecule has 0 spiro atoms. The maximum Gasteiger partial charge on any atom is 0.250 e. The Balaban J connectivity index is 1.98. The Morgan fingerprint density at radius 1 is 1.10 bits per heavy atom. The van der Waals surface area contributed by atoms with Crippen LogP contribution in [0.2, 0.25) is 0 Å². The second kappa shape index (κ2) is 6.06. The molecule has 5 nitrogen and oxygen atoms in total. The first kappa shape index (κ1) is 13.9. The third-order valence-corrected chi connectivity index (χ3v) is 2.86. The first-order valence-electron chi connectivity index (χ1n) is 6.32. The summed E-state index contributed by atoms with van der Waals surface area (Å²) in [5, 5.41) is 5.96. The van der Waals surface area contributed by atoms with E-state index in [0.29, 0.717) is 6.54 Å². The van der Waals surface area contributed by atoms with Gasteiger partial charge in [-0.25, -0.2) is 0 Å². The molecule has 2 N–H and O–H groups in total. The number of nitrogens with one attached hydrogen (secondary N) is 2. The van der Waals surface area contributed by atoms with Gasteiger partial charge in [0.05, 0.1) is 5.69 Å². The van der Waals surface area contributed by atoms with Crippen molar-refractivity contribution in [2.45, 2.75) is 13.5 Å². The number of pyridine rings is 1. The maximum absolute atomic E-state index is 11.3. The molecule has 2 rings (SSSR count). The van der Waals surface area contributed by atoms with E-state index in [1.54, 1.807) is 19.3 Å². The lowest BCUT2D eigenvalue weighted by molar-refractivity contribution is -0.114. The fourth-order valence-electron chi connectivity index (χ4n) is 1.81. The number of rotatable bonds is 4. The van der Waals surface area contributed by atoms with Crippen LogP contribution in [0.15, 0.2) is 47.4 Å². The average Bonchev–Trinajstić information content (AvgIpc) is 2.41. The molecule has 1 aromatic heterocycles. The van der Waals surface area contributed by atoms with Crippen molar-refractivity contribution in [3.8, 4) is 0 Å². The highest BCUT2D eigenvalue weighted by molar-refractivity contribution is 5.88. The second-order valence-corrected chi connectivity index (χ2v) is 4.60. The van der Waals surface area contributed by atoms with Crippen LogP contribution < -0.4 is 16.2 Å². The molecule has 0 aliphatic rings. The van der Waals surface area contributed by atoms with Crippen LogP contribution in [0.1, 0.15) is 12.5 Å². The van der Waals surface area contributed by atoms with Crippen molar-refractivity contribution in [2.24, 2.45) is 7.05 Å². The van der Waals surface area contributed by atoms with E-state index in [0.717, 1.165) is 16.9 Å². The third-order valence-electron chi connectivity index (χ3n) is 2.86. The van der Waals surface area contributed by atoms with Crippen LogP contribution in [0.25, 0.3) is 0 Å². The van der Waals surface area contributed by atoms with Crippen molar-refractivity contribution < 1.29 is 4.79 Å². The number of hydrogen-bond acceptors (Lipinski definition) is 3. The third kappa shape index (κ3) is 3.71. The van der Waals surface area contributed by atoms with Crippen molar-refractivity contribution in [1.29, 1.82) is 0 Å². The van der Waals surface area contributed by atoms with Gasteiger partial charge in [0.15, 0.2) is 0 Å². The van der Waals surface area contributed by atoms with Crippen LogP contribution in [0.3, 0.4) is 0 Å². The van der Waals surface area contributed by atoms with E-state index < -0.39 is 0 Å². The zero-order valence-corrected chi connectivity index (χ0v) is 11.5. The van der Waals surface area contributed by atoms with Crippen LogP contribution in [-0.2, 0) is 18.4 Å². The highest BCUT2D eigenvalue weighted by Gasteiger charge is 1.98. The molecule has 0 radical (unpaired) electrons. The first-order chi connectivity index (χ1) is 9.54. The first-order valence-corrected chi connectivity index (χ1v) is 6.32. The average molecular weight is 271 g/mol. The van der Waals surface area contributed by atoms with Gasteiger partial charge >= 0.3 is 0 Å². The Bertz CT molecular complexity index is 660. The number of carbonyl (C=O) groups is 1. The topological polar surface area (TPSA) is 63.1 Å². The highest BCUT2D eigenvalue weighted by atomic mass is 16.1. The summed E-state index contributed by atoms with van der Waals surface area (Å²) in [6.45, 7) is 2.13.